The number of benzene rings is 1. The van der Waals surface area contributed by atoms with Gasteiger partial charge in [-0.15, -0.1) is 0 Å². The molecule has 0 fully saturated rings. The first-order valence-corrected chi connectivity index (χ1v) is 16.1. The Kier molecular flexibility index (Phi) is 15.4. The molecule has 0 saturated carbocycles. The molecule has 0 aromatic heterocycles. The molecule has 0 bridgehead atoms. The highest BCUT2D eigenvalue weighted by atomic mass is 32.2. The molecule has 1 aliphatic heterocycles. The van der Waals surface area contributed by atoms with Crippen molar-refractivity contribution in [3.8, 4) is 0 Å². The summed E-state index contributed by atoms with van der Waals surface area (Å²) in [6, 6.07) is 4.64. The number of hydrogen-bond donors (Lipinski definition) is 3. The monoisotopic (exact) mass is 508 g/mol. The number of hydrogen-bond acceptors (Lipinski definition) is 4. The lowest BCUT2D eigenvalue weighted by atomic mass is 10.0. The minimum Gasteiger partial charge on any atom is -0.364 e. The molecule has 3 N–H and O–H groups in total. The molecule has 35 heavy (non-hydrogen) atoms. The summed E-state index contributed by atoms with van der Waals surface area (Å²) in [5.41, 5.74) is 1.65. The fraction of sp³-hybridized carbons (Fsp3) is 0.793. The molecule has 0 aliphatic carbocycles. The van der Waals surface area contributed by atoms with Crippen LogP contribution in [0.3, 0.4) is 0 Å². The van der Waals surface area contributed by atoms with Crippen molar-refractivity contribution in [2.45, 2.75) is 153 Å². The van der Waals surface area contributed by atoms with Crippen LogP contribution >= 0.6 is 0 Å². The molecule has 1 unspecified atom stereocenters. The molecular weight excluding hydrogens is 456 g/mol. The second-order valence-corrected chi connectivity index (χ2v) is 12.0. The van der Waals surface area contributed by atoms with Crippen molar-refractivity contribution in [2.75, 3.05) is 10.6 Å². The molecule has 1 atom stereocenters. The van der Waals surface area contributed by atoms with Gasteiger partial charge in [0.1, 0.15) is 0 Å². The summed E-state index contributed by atoms with van der Waals surface area (Å²) in [5.74, 6) is 0. The largest absolute Gasteiger partial charge is 0.364 e. The van der Waals surface area contributed by atoms with Gasteiger partial charge in [0, 0.05) is 0 Å². The Morgan fingerprint density at radius 2 is 1.03 bits per heavy atom. The van der Waals surface area contributed by atoms with Crippen LogP contribution in [0.2, 0.25) is 0 Å². The quantitative estimate of drug-likeness (QED) is 0.107. The predicted octanol–water partition coefficient (Wildman–Crippen LogP) is 9.31. The predicted molar refractivity (Wildman–Crippen MR) is 150 cm³/mol. The van der Waals surface area contributed by atoms with Gasteiger partial charge in [-0.2, -0.15) is 8.42 Å². The Bertz CT molecular complexity index is 782. The number of nitrogens with one attached hydrogen (secondary N) is 2. The van der Waals surface area contributed by atoms with Crippen molar-refractivity contribution in [2.24, 2.45) is 0 Å². The van der Waals surface area contributed by atoms with E-state index in [1.807, 2.05) is 0 Å². The van der Waals surface area contributed by atoms with E-state index in [2.05, 4.69) is 17.6 Å². The fourth-order valence-corrected chi connectivity index (χ4v) is 5.60. The average molecular weight is 509 g/mol. The lowest BCUT2D eigenvalue weighted by Gasteiger charge is -2.12. The lowest BCUT2D eigenvalue weighted by molar-refractivity contribution is 0.483. The second kappa shape index (κ2) is 18.0. The van der Waals surface area contributed by atoms with Gasteiger partial charge in [0.05, 0.1) is 22.4 Å². The minimum atomic E-state index is -4.16. The number of unbranched alkanes of at least 4 members (excludes halogenated alkanes) is 19. The van der Waals surface area contributed by atoms with E-state index in [1.54, 1.807) is 6.07 Å². The van der Waals surface area contributed by atoms with Gasteiger partial charge < -0.3 is 10.6 Å². The molecule has 1 aromatic rings. The van der Waals surface area contributed by atoms with Crippen molar-refractivity contribution in [1.82, 2.24) is 0 Å². The van der Waals surface area contributed by atoms with Gasteiger partial charge >= 0.3 is 0 Å². The summed E-state index contributed by atoms with van der Waals surface area (Å²) in [6.45, 7) is 2.29. The van der Waals surface area contributed by atoms with Crippen LogP contribution in [0.25, 0.3) is 0 Å². The van der Waals surface area contributed by atoms with E-state index in [9.17, 15) is 13.0 Å². The fourth-order valence-electron chi connectivity index (χ4n) is 5.09. The van der Waals surface area contributed by atoms with Gasteiger partial charge in [-0.05, 0) is 31.0 Å². The molecule has 0 saturated heterocycles. The summed E-state index contributed by atoms with van der Waals surface area (Å²) >= 11 is 0. The van der Waals surface area contributed by atoms with E-state index < -0.39 is 10.1 Å². The van der Waals surface area contributed by atoms with Crippen molar-refractivity contribution >= 4 is 21.5 Å². The lowest BCUT2D eigenvalue weighted by Crippen LogP contribution is -2.21. The summed E-state index contributed by atoms with van der Waals surface area (Å²) in [4.78, 5) is -0.0648. The van der Waals surface area contributed by atoms with Gasteiger partial charge in [0.15, 0.2) is 0 Å². The van der Waals surface area contributed by atoms with Crippen LogP contribution in [0.1, 0.15) is 142 Å². The molecule has 1 heterocycles. The number of fused-ring (bicyclic) bond motifs is 1. The Hall–Kier alpha value is -1.27. The molecule has 6 heteroatoms. The molecule has 202 valence electrons. The molecule has 5 nitrogen and oxygen atoms in total. The standard InChI is InChI=1S/C29H52N2O3S/c1-2-3-4-5-6-7-8-9-10-11-12-13-14-15-16-17-18-19-20-21-22-29-30-27-24-23-26(35(32,33)34)25-28(27)31-29/h23-25,29-31H,2-22H2,1H3,(H,32,33,34). The van der Waals surface area contributed by atoms with Crippen molar-refractivity contribution in [1.29, 1.82) is 0 Å². The van der Waals surface area contributed by atoms with Gasteiger partial charge in [-0.25, -0.2) is 0 Å². The molecule has 2 rings (SSSR count). The zero-order chi connectivity index (χ0) is 25.2. The van der Waals surface area contributed by atoms with E-state index >= 15 is 0 Å². The third-order valence-corrected chi connectivity index (χ3v) is 8.14. The topological polar surface area (TPSA) is 78.4 Å². The third kappa shape index (κ3) is 13.6. The van der Waals surface area contributed by atoms with Crippen LogP contribution in [0.5, 0.6) is 0 Å². The van der Waals surface area contributed by atoms with Crippen molar-refractivity contribution < 1.29 is 13.0 Å². The minimum absolute atomic E-state index is 0.0648. The van der Waals surface area contributed by atoms with Gasteiger partial charge in [-0.3, -0.25) is 4.55 Å². The van der Waals surface area contributed by atoms with Gasteiger partial charge in [-0.1, -0.05) is 129 Å². The van der Waals surface area contributed by atoms with Crippen LogP contribution < -0.4 is 10.6 Å². The molecule has 0 radical (unpaired) electrons. The highest BCUT2D eigenvalue weighted by Gasteiger charge is 2.21. The highest BCUT2D eigenvalue weighted by molar-refractivity contribution is 7.85. The van der Waals surface area contributed by atoms with E-state index in [1.165, 1.54) is 134 Å². The van der Waals surface area contributed by atoms with E-state index in [0.29, 0.717) is 0 Å². The molecule has 0 amide bonds. The van der Waals surface area contributed by atoms with Crippen LogP contribution in [0.15, 0.2) is 23.1 Å². The zero-order valence-corrected chi connectivity index (χ0v) is 23.1. The normalized spacial score (nSPS) is 15.1. The maximum absolute atomic E-state index is 11.3. The first kappa shape index (κ1) is 30.0. The van der Waals surface area contributed by atoms with E-state index in [0.717, 1.165) is 24.2 Å². The van der Waals surface area contributed by atoms with Gasteiger partial charge in [0.25, 0.3) is 10.1 Å². The summed E-state index contributed by atoms with van der Waals surface area (Å²) in [7, 11) is -4.16. The number of anilines is 2. The molecule has 1 aromatic carbocycles. The second-order valence-electron chi connectivity index (χ2n) is 10.5. The maximum atomic E-state index is 11.3. The average Bonchev–Trinajstić information content (AvgIpc) is 3.24. The van der Waals surface area contributed by atoms with E-state index in [4.69, 9.17) is 0 Å². The van der Waals surface area contributed by atoms with Crippen LogP contribution in [0, 0.1) is 0 Å². The first-order valence-electron chi connectivity index (χ1n) is 14.7. The smallest absolute Gasteiger partial charge is 0.294 e. The Labute approximate surface area is 216 Å². The van der Waals surface area contributed by atoms with E-state index in [-0.39, 0.29) is 11.1 Å². The summed E-state index contributed by atoms with van der Waals surface area (Å²) in [6.07, 6.45) is 28.9. The van der Waals surface area contributed by atoms with Crippen LogP contribution in [-0.2, 0) is 10.1 Å². The Balaban J connectivity index is 1.31. The van der Waals surface area contributed by atoms with Crippen LogP contribution in [0.4, 0.5) is 11.4 Å². The number of rotatable bonds is 22. The highest BCUT2D eigenvalue weighted by Crippen LogP contribution is 2.32. The third-order valence-electron chi connectivity index (χ3n) is 7.29. The van der Waals surface area contributed by atoms with Crippen molar-refractivity contribution in [3.05, 3.63) is 18.2 Å². The molecular formula is C29H52N2O3S. The SMILES string of the molecule is CCCCCCCCCCCCCCCCCCCCCCC1Nc2ccc(S(=O)(=O)O)cc2N1. The summed E-state index contributed by atoms with van der Waals surface area (Å²) in [5, 5.41) is 6.71. The Morgan fingerprint density at radius 3 is 1.46 bits per heavy atom. The van der Waals surface area contributed by atoms with Crippen LogP contribution in [-0.4, -0.2) is 19.1 Å². The van der Waals surface area contributed by atoms with Crippen molar-refractivity contribution in [3.63, 3.8) is 0 Å². The molecule has 0 spiro atoms. The van der Waals surface area contributed by atoms with Gasteiger partial charge in [0.2, 0.25) is 0 Å². The molecule has 1 aliphatic rings. The summed E-state index contributed by atoms with van der Waals surface area (Å²) < 4.78 is 31.8. The first-order chi connectivity index (χ1) is 17.0. The maximum Gasteiger partial charge on any atom is 0.294 e. The Morgan fingerprint density at radius 1 is 0.629 bits per heavy atom. The zero-order valence-electron chi connectivity index (χ0n) is 22.3.